The molecule has 0 spiro atoms. The van der Waals surface area contributed by atoms with Crippen molar-refractivity contribution in [1.29, 1.82) is 0 Å². The third-order valence-electron chi connectivity index (χ3n) is 6.81. The summed E-state index contributed by atoms with van der Waals surface area (Å²) in [5, 5.41) is 11.8. The van der Waals surface area contributed by atoms with Gasteiger partial charge in [0.2, 0.25) is 0 Å². The highest BCUT2D eigenvalue weighted by Crippen LogP contribution is 2.54. The summed E-state index contributed by atoms with van der Waals surface area (Å²) in [6.45, 7) is 0.421. The maximum absolute atomic E-state index is 12.6. The zero-order chi connectivity index (χ0) is 21.6. The van der Waals surface area contributed by atoms with Crippen LogP contribution in [0.25, 0.3) is 0 Å². The average molecular weight is 415 g/mol. The molecule has 0 heterocycles. The molecule has 163 valence electrons. The predicted octanol–water partition coefficient (Wildman–Crippen LogP) is 1.33. The molecule has 1 radical (unpaired) electrons. The van der Waals surface area contributed by atoms with E-state index in [-0.39, 0.29) is 22.9 Å². The van der Waals surface area contributed by atoms with E-state index in [9.17, 15) is 4.79 Å². The van der Waals surface area contributed by atoms with Gasteiger partial charge in [0.1, 0.15) is 6.23 Å². The molecule has 1 aromatic rings. The van der Waals surface area contributed by atoms with E-state index in [2.05, 4.69) is 22.4 Å². The molecule has 0 aliphatic heterocycles. The van der Waals surface area contributed by atoms with Crippen LogP contribution in [0.2, 0.25) is 0 Å². The number of aliphatic imine (C=N–C) groups is 1. The molecular weight excluding hydrogens is 383 g/mol. The number of methoxy groups -OCH3 is 1. The van der Waals surface area contributed by atoms with Gasteiger partial charge in [-0.15, -0.1) is 0 Å². The molecular formula is C21H32BN4O4. The third-order valence-corrected chi connectivity index (χ3v) is 6.81. The summed E-state index contributed by atoms with van der Waals surface area (Å²) in [5.74, 6) is -0.230. The average Bonchev–Trinajstić information content (AvgIpc) is 2.78. The van der Waals surface area contributed by atoms with Crippen molar-refractivity contribution < 1.29 is 19.2 Å². The fourth-order valence-corrected chi connectivity index (χ4v) is 4.83. The van der Waals surface area contributed by atoms with Crippen molar-refractivity contribution in [3.05, 3.63) is 35.4 Å². The maximum atomic E-state index is 12.6. The van der Waals surface area contributed by atoms with E-state index in [4.69, 9.17) is 25.9 Å². The molecule has 0 unspecified atom stereocenters. The van der Waals surface area contributed by atoms with Gasteiger partial charge in [-0.05, 0) is 74.5 Å². The number of ether oxygens (including phenoxy) is 1. The van der Waals surface area contributed by atoms with Crippen LogP contribution in [0.5, 0.6) is 0 Å². The van der Waals surface area contributed by atoms with Crippen LogP contribution in [0.15, 0.2) is 29.3 Å². The number of nitrogens with zero attached hydrogens (tertiary/aromatic N) is 1. The lowest BCUT2D eigenvalue weighted by Crippen LogP contribution is -2.49. The smallest absolute Gasteiger partial charge is 0.429 e. The van der Waals surface area contributed by atoms with E-state index in [1.807, 2.05) is 19.2 Å². The van der Waals surface area contributed by atoms with Gasteiger partial charge in [-0.3, -0.25) is 9.79 Å². The van der Waals surface area contributed by atoms with Crippen LogP contribution in [0, 0.1) is 0 Å². The highest BCUT2D eigenvalue weighted by Gasteiger charge is 2.49. The fourth-order valence-electron chi connectivity index (χ4n) is 4.83. The number of guanidine groups is 1. The second-order valence-corrected chi connectivity index (χ2v) is 8.40. The van der Waals surface area contributed by atoms with E-state index in [1.54, 1.807) is 0 Å². The summed E-state index contributed by atoms with van der Waals surface area (Å²) in [6, 6.07) is 7.89. The standard InChI is InChI=1S/C21H32BN4O4/c1-29-21-11-8-20(9-12-21,10-13-21)16-6-4-15(5-7-16)18(27)26-17(30-22-28)3-2-14-25-19(23)24/h4-7,17,28H,2-3,8-14H2,1H3,(H,26,27)(H4,23,24,25)/t17-,20?,21?/m1/s1. The minimum Gasteiger partial charge on any atom is -0.429 e. The minimum absolute atomic E-state index is 0.0219. The zero-order valence-corrected chi connectivity index (χ0v) is 17.6. The lowest BCUT2D eigenvalue weighted by Gasteiger charge is -2.53. The maximum Gasteiger partial charge on any atom is 0.486 e. The molecule has 3 saturated carbocycles. The molecule has 2 bridgehead atoms. The number of benzene rings is 1. The number of fused-ring (bicyclic) bond motifs is 3. The molecule has 3 fully saturated rings. The summed E-state index contributed by atoms with van der Waals surface area (Å²) in [4.78, 5) is 16.5. The Bertz CT molecular complexity index is 727. The normalized spacial score (nSPS) is 26.1. The molecule has 1 atom stereocenters. The largest absolute Gasteiger partial charge is 0.486 e. The van der Waals surface area contributed by atoms with Crippen molar-refractivity contribution in [3.8, 4) is 0 Å². The van der Waals surface area contributed by atoms with E-state index in [1.165, 1.54) is 5.56 Å². The van der Waals surface area contributed by atoms with E-state index in [0.29, 0.717) is 32.6 Å². The Hall–Kier alpha value is -2.10. The molecule has 3 aliphatic rings. The number of carbonyl (C=O) groups is 1. The van der Waals surface area contributed by atoms with E-state index in [0.717, 1.165) is 38.5 Å². The van der Waals surface area contributed by atoms with Crippen LogP contribution in [0.1, 0.15) is 67.3 Å². The Morgan fingerprint density at radius 3 is 2.37 bits per heavy atom. The monoisotopic (exact) mass is 415 g/mol. The fraction of sp³-hybridized carbons (Fsp3) is 0.619. The third kappa shape index (κ3) is 5.14. The molecule has 8 nitrogen and oxygen atoms in total. The van der Waals surface area contributed by atoms with E-state index >= 15 is 0 Å². The van der Waals surface area contributed by atoms with Crippen LogP contribution >= 0.6 is 0 Å². The van der Waals surface area contributed by atoms with Crippen molar-refractivity contribution in [1.82, 2.24) is 5.32 Å². The quantitative estimate of drug-likeness (QED) is 0.150. The van der Waals surface area contributed by atoms with Crippen LogP contribution < -0.4 is 16.8 Å². The zero-order valence-electron chi connectivity index (χ0n) is 17.6. The SMILES string of the molecule is COC12CCC(c3ccc(C(=O)N[C@@H](CCCN=C(N)N)O[B]O)cc3)(CC1)CC2. The first-order valence-corrected chi connectivity index (χ1v) is 10.6. The van der Waals surface area contributed by atoms with Crippen LogP contribution in [0.3, 0.4) is 0 Å². The molecule has 4 rings (SSSR count). The van der Waals surface area contributed by atoms with Crippen molar-refractivity contribution >= 4 is 19.6 Å². The Morgan fingerprint density at radius 2 is 1.83 bits per heavy atom. The molecule has 9 heteroatoms. The lowest BCUT2D eigenvalue weighted by molar-refractivity contribution is -0.0955. The number of carbonyl (C=O) groups excluding carboxylic acids is 1. The molecule has 1 aromatic carbocycles. The van der Waals surface area contributed by atoms with Crippen molar-refractivity contribution in [2.75, 3.05) is 13.7 Å². The first-order valence-electron chi connectivity index (χ1n) is 10.6. The van der Waals surface area contributed by atoms with Gasteiger partial charge in [0.05, 0.1) is 5.60 Å². The van der Waals surface area contributed by atoms with Gasteiger partial charge in [-0.1, -0.05) is 12.1 Å². The second kappa shape index (κ2) is 9.81. The van der Waals surface area contributed by atoms with Crippen LogP contribution in [-0.4, -0.2) is 50.1 Å². The van der Waals surface area contributed by atoms with Gasteiger partial charge in [-0.25, -0.2) is 0 Å². The number of rotatable bonds is 10. The minimum atomic E-state index is -0.658. The Morgan fingerprint density at radius 1 is 1.20 bits per heavy atom. The number of amides is 1. The van der Waals surface area contributed by atoms with E-state index < -0.39 is 6.23 Å². The van der Waals surface area contributed by atoms with Gasteiger partial charge in [-0.2, -0.15) is 0 Å². The highest BCUT2D eigenvalue weighted by molar-refractivity contribution is 6.16. The summed E-state index contributed by atoms with van der Waals surface area (Å²) in [6.07, 6.45) is 7.09. The first kappa shape index (κ1) is 22.6. The van der Waals surface area contributed by atoms with Gasteiger partial charge in [0, 0.05) is 19.2 Å². The molecule has 6 N–H and O–H groups in total. The first-order chi connectivity index (χ1) is 14.4. The number of nitrogens with two attached hydrogens (primary N) is 2. The molecule has 3 aliphatic carbocycles. The van der Waals surface area contributed by atoms with Crippen LogP contribution in [-0.2, 0) is 14.8 Å². The summed E-state index contributed by atoms with van der Waals surface area (Å²) < 4.78 is 10.9. The predicted molar refractivity (Wildman–Crippen MR) is 116 cm³/mol. The summed E-state index contributed by atoms with van der Waals surface area (Å²) in [5.41, 5.74) is 12.8. The Labute approximate surface area is 178 Å². The molecule has 1 amide bonds. The highest BCUT2D eigenvalue weighted by atomic mass is 16.5. The molecule has 30 heavy (non-hydrogen) atoms. The van der Waals surface area contributed by atoms with Crippen molar-refractivity contribution in [2.24, 2.45) is 16.5 Å². The number of hydrogen-bond acceptors (Lipinski definition) is 5. The number of nitrogens with one attached hydrogen (secondary N) is 1. The summed E-state index contributed by atoms with van der Waals surface area (Å²) in [7, 11) is 2.41. The van der Waals surface area contributed by atoms with Crippen LogP contribution in [0.4, 0.5) is 0 Å². The van der Waals surface area contributed by atoms with Crippen molar-refractivity contribution in [2.45, 2.75) is 68.6 Å². The van der Waals surface area contributed by atoms with Gasteiger partial charge in [0.25, 0.3) is 5.91 Å². The van der Waals surface area contributed by atoms with Gasteiger partial charge in [0.15, 0.2) is 5.96 Å². The van der Waals surface area contributed by atoms with Crippen molar-refractivity contribution in [3.63, 3.8) is 0 Å². The van der Waals surface area contributed by atoms with Gasteiger partial charge < -0.3 is 31.2 Å². The second-order valence-electron chi connectivity index (χ2n) is 8.40. The lowest BCUT2D eigenvalue weighted by atomic mass is 9.56. The number of hydrogen-bond donors (Lipinski definition) is 4. The Kier molecular flexibility index (Phi) is 7.38. The molecule has 0 aromatic heterocycles. The molecule has 0 saturated heterocycles. The summed E-state index contributed by atoms with van der Waals surface area (Å²) >= 11 is 0. The van der Waals surface area contributed by atoms with Gasteiger partial charge >= 0.3 is 7.69 Å². The Balaban J connectivity index is 1.58. The topological polar surface area (TPSA) is 132 Å².